The minimum Gasteiger partial charge on any atom is -0.497 e. The van der Waals surface area contributed by atoms with Gasteiger partial charge in [-0.2, -0.15) is 14.5 Å². The molecule has 0 fully saturated rings. The molecule has 27 heavy (non-hydrogen) atoms. The second kappa shape index (κ2) is 7.68. The molecule has 0 saturated carbocycles. The molecule has 1 heterocycles. The van der Waals surface area contributed by atoms with Gasteiger partial charge < -0.3 is 10.5 Å². The summed E-state index contributed by atoms with van der Waals surface area (Å²) in [6, 6.07) is 5.29. The van der Waals surface area contributed by atoms with Gasteiger partial charge in [-0.15, -0.1) is 0 Å². The predicted molar refractivity (Wildman–Crippen MR) is 92.9 cm³/mol. The lowest BCUT2D eigenvalue weighted by Gasteiger charge is -2.17. The molecule has 2 N–H and O–H groups in total. The van der Waals surface area contributed by atoms with E-state index >= 15 is 0 Å². The van der Waals surface area contributed by atoms with E-state index in [4.69, 9.17) is 10.5 Å². The molecule has 0 unspecified atom stereocenters. The minimum atomic E-state index is -1.31. The van der Waals surface area contributed by atoms with Crippen molar-refractivity contribution in [2.24, 2.45) is 10.7 Å². The molecule has 0 radical (unpaired) electrons. The van der Waals surface area contributed by atoms with Crippen molar-refractivity contribution in [3.05, 3.63) is 29.8 Å². The highest BCUT2D eigenvalue weighted by Gasteiger charge is 2.40. The molecule has 1 aromatic rings. The Kier molecular flexibility index (Phi) is 5.59. The average molecular weight is 373 g/mol. The number of amidine groups is 1. The molecule has 0 saturated heterocycles. The number of urea groups is 1. The number of benzene rings is 1. The van der Waals surface area contributed by atoms with E-state index in [1.807, 2.05) is 0 Å². The number of aliphatic imine (C=N–C) groups is 1. The fourth-order valence-electron chi connectivity index (χ4n) is 2.21. The van der Waals surface area contributed by atoms with Crippen LogP contribution in [0.2, 0.25) is 0 Å². The molecule has 1 aliphatic heterocycles. The maximum atomic E-state index is 12.1. The Morgan fingerprint density at radius 3 is 2.33 bits per heavy atom. The van der Waals surface area contributed by atoms with Crippen LogP contribution in [0.3, 0.4) is 0 Å². The Morgan fingerprint density at radius 1 is 1.19 bits per heavy atom. The SMILES string of the molecule is COc1ccc(C(=O)CC(=O)C(=O)N=C2C(=O)N(C)C(=O)[N+](C)=C2N)cc1. The van der Waals surface area contributed by atoms with Crippen LogP contribution in [0.5, 0.6) is 5.75 Å². The Hall–Kier alpha value is -3.69. The van der Waals surface area contributed by atoms with Gasteiger partial charge in [0.1, 0.15) is 5.75 Å². The maximum absolute atomic E-state index is 12.1. The first-order valence-electron chi connectivity index (χ1n) is 7.69. The van der Waals surface area contributed by atoms with Gasteiger partial charge in [-0.25, -0.2) is 9.59 Å². The third-order valence-corrected chi connectivity index (χ3v) is 3.87. The van der Waals surface area contributed by atoms with E-state index in [1.165, 1.54) is 33.3 Å². The minimum absolute atomic E-state index is 0.217. The molecule has 1 aliphatic rings. The maximum Gasteiger partial charge on any atom is 0.445 e. The van der Waals surface area contributed by atoms with Crippen molar-refractivity contribution < 1.29 is 33.3 Å². The van der Waals surface area contributed by atoms with Gasteiger partial charge in [0.25, 0.3) is 5.84 Å². The van der Waals surface area contributed by atoms with Crippen molar-refractivity contribution in [1.29, 1.82) is 0 Å². The fraction of sp³-hybridized carbons (Fsp3) is 0.235. The highest BCUT2D eigenvalue weighted by molar-refractivity contribution is 6.68. The molecule has 140 valence electrons. The Morgan fingerprint density at radius 2 is 1.78 bits per heavy atom. The van der Waals surface area contributed by atoms with Gasteiger partial charge in [-0.05, 0) is 24.3 Å². The first-order valence-corrected chi connectivity index (χ1v) is 7.69. The van der Waals surface area contributed by atoms with Crippen LogP contribution in [-0.4, -0.2) is 71.6 Å². The smallest absolute Gasteiger partial charge is 0.445 e. The molecule has 10 heteroatoms. The van der Waals surface area contributed by atoms with Crippen molar-refractivity contribution >= 4 is 41.0 Å². The summed E-state index contributed by atoms with van der Waals surface area (Å²) in [7, 11) is 3.94. The number of ketones is 2. The summed E-state index contributed by atoms with van der Waals surface area (Å²) in [6.07, 6.45) is -0.722. The predicted octanol–water partition coefficient (Wildman–Crippen LogP) is -0.604. The van der Waals surface area contributed by atoms with Crippen LogP contribution in [0.15, 0.2) is 29.3 Å². The number of amides is 4. The first kappa shape index (κ1) is 19.6. The third kappa shape index (κ3) is 3.94. The highest BCUT2D eigenvalue weighted by atomic mass is 16.5. The summed E-state index contributed by atoms with van der Waals surface area (Å²) in [6.45, 7) is 0. The summed E-state index contributed by atoms with van der Waals surface area (Å²) >= 11 is 0. The molecule has 0 spiro atoms. The number of methoxy groups -OCH3 is 1. The average Bonchev–Trinajstić information content (AvgIpc) is 2.67. The zero-order valence-electron chi connectivity index (χ0n) is 14.9. The number of rotatable bonds is 5. The van der Waals surface area contributed by atoms with Gasteiger partial charge >= 0.3 is 17.8 Å². The second-order valence-electron chi connectivity index (χ2n) is 5.61. The van der Waals surface area contributed by atoms with Gasteiger partial charge in [0.15, 0.2) is 5.78 Å². The summed E-state index contributed by atoms with van der Waals surface area (Å²) < 4.78 is 5.89. The van der Waals surface area contributed by atoms with Crippen LogP contribution in [0.1, 0.15) is 16.8 Å². The lowest BCUT2D eigenvalue weighted by molar-refractivity contribution is -0.401. The van der Waals surface area contributed by atoms with Crippen molar-refractivity contribution in [3.63, 3.8) is 0 Å². The summed E-state index contributed by atoms with van der Waals surface area (Å²) in [5.41, 5.74) is 5.32. The van der Waals surface area contributed by atoms with Gasteiger partial charge in [-0.1, -0.05) is 0 Å². The van der Waals surface area contributed by atoms with E-state index in [1.54, 1.807) is 12.1 Å². The number of ether oxygens (including phenoxy) is 1. The molecule has 10 nitrogen and oxygen atoms in total. The van der Waals surface area contributed by atoms with Crippen molar-refractivity contribution in [2.75, 3.05) is 21.2 Å². The van der Waals surface area contributed by atoms with E-state index in [2.05, 4.69) is 4.99 Å². The van der Waals surface area contributed by atoms with E-state index < -0.39 is 41.5 Å². The van der Waals surface area contributed by atoms with Crippen LogP contribution >= 0.6 is 0 Å². The van der Waals surface area contributed by atoms with E-state index in [0.717, 1.165) is 4.58 Å². The number of carbonyl (C=O) groups is 5. The second-order valence-corrected chi connectivity index (χ2v) is 5.61. The van der Waals surface area contributed by atoms with Crippen LogP contribution in [-0.2, 0) is 14.4 Å². The summed E-state index contributed by atoms with van der Waals surface area (Å²) in [5.74, 6) is -3.74. The van der Waals surface area contributed by atoms with E-state index in [9.17, 15) is 24.0 Å². The van der Waals surface area contributed by atoms with Gasteiger partial charge in [0.2, 0.25) is 11.5 Å². The Balaban J connectivity index is 2.18. The molecular formula is C17H17N4O6+. The molecule has 4 amide bonds. The quantitative estimate of drug-likeness (QED) is 0.314. The lowest BCUT2D eigenvalue weighted by Crippen LogP contribution is -2.55. The summed E-state index contributed by atoms with van der Waals surface area (Å²) in [5, 5.41) is 0. The zero-order valence-corrected chi connectivity index (χ0v) is 14.9. The number of Topliss-reactive ketones (excluding diaryl/α,β-unsaturated/α-hetero) is 2. The van der Waals surface area contributed by atoms with Gasteiger partial charge in [0, 0.05) is 5.56 Å². The van der Waals surface area contributed by atoms with E-state index in [0.29, 0.717) is 10.6 Å². The highest BCUT2D eigenvalue weighted by Crippen LogP contribution is 2.13. The molecular weight excluding hydrogens is 356 g/mol. The van der Waals surface area contributed by atoms with E-state index in [-0.39, 0.29) is 11.4 Å². The monoisotopic (exact) mass is 373 g/mol. The van der Waals surface area contributed by atoms with Gasteiger partial charge in [-0.3, -0.25) is 14.4 Å². The lowest BCUT2D eigenvalue weighted by atomic mass is 10.1. The largest absolute Gasteiger partial charge is 0.497 e. The number of nitrogens with zero attached hydrogens (tertiary/aromatic N) is 3. The number of nitrogens with two attached hydrogens (primary N) is 1. The molecule has 2 rings (SSSR count). The molecule has 1 aromatic carbocycles. The Labute approximate surface area is 153 Å². The first-order chi connectivity index (χ1) is 12.7. The third-order valence-electron chi connectivity index (χ3n) is 3.87. The van der Waals surface area contributed by atoms with Crippen LogP contribution < -0.4 is 10.5 Å². The number of hydrogen-bond donors (Lipinski definition) is 1. The Bertz CT molecular complexity index is 914. The summed E-state index contributed by atoms with van der Waals surface area (Å²) in [4.78, 5) is 64.0. The van der Waals surface area contributed by atoms with Gasteiger partial charge in [0.05, 0.1) is 27.6 Å². The zero-order chi connectivity index (χ0) is 20.3. The molecule has 0 aromatic heterocycles. The topological polar surface area (TPSA) is 139 Å². The van der Waals surface area contributed by atoms with Crippen molar-refractivity contribution in [3.8, 4) is 5.75 Å². The number of hydrogen-bond acceptors (Lipinski definition) is 7. The number of carbonyl (C=O) groups excluding carboxylic acids is 5. The van der Waals surface area contributed by atoms with Crippen molar-refractivity contribution in [1.82, 2.24) is 4.90 Å². The van der Waals surface area contributed by atoms with Crippen LogP contribution in [0, 0.1) is 0 Å². The normalized spacial score (nSPS) is 16.0. The van der Waals surface area contributed by atoms with Crippen LogP contribution in [0.25, 0.3) is 0 Å². The molecule has 0 aliphatic carbocycles. The fourth-order valence-corrected chi connectivity index (χ4v) is 2.21. The van der Waals surface area contributed by atoms with Crippen molar-refractivity contribution in [2.45, 2.75) is 6.42 Å². The standard InChI is InChI=1S/C17H16N4O6/c1-20-14(18)13(16(25)21(2)17(20)26)19-15(24)12(23)8-11(22)9-4-6-10(27-3)7-5-9/h4-7,18H,8H2,1-3H3/p+1. The molecule has 0 atom stereocenters. The molecule has 0 bridgehead atoms. The number of imide groups is 1. The van der Waals surface area contributed by atoms with Crippen LogP contribution in [0.4, 0.5) is 4.79 Å².